The second-order valence-electron chi connectivity index (χ2n) is 7.88. The summed E-state index contributed by atoms with van der Waals surface area (Å²) in [6, 6.07) is 17.1. The van der Waals surface area contributed by atoms with Gasteiger partial charge in [-0.25, -0.2) is 4.39 Å². The molecular weight excluding hydrogens is 457 g/mol. The van der Waals surface area contributed by atoms with Crippen LogP contribution in [0.2, 0.25) is 5.02 Å². The minimum absolute atomic E-state index is 0.0362. The van der Waals surface area contributed by atoms with Crippen LogP contribution < -0.4 is 0 Å². The Kier molecular flexibility index (Phi) is 5.34. The van der Waals surface area contributed by atoms with Gasteiger partial charge in [0.15, 0.2) is 5.78 Å². The van der Waals surface area contributed by atoms with Crippen LogP contribution in [0.25, 0.3) is 11.3 Å². The number of benzene rings is 3. The Bertz CT molecular complexity index is 1460. The summed E-state index contributed by atoms with van der Waals surface area (Å²) in [5.41, 5.74) is 2.33. The first-order valence-corrected chi connectivity index (χ1v) is 10.8. The molecule has 0 unspecified atom stereocenters. The maximum absolute atomic E-state index is 14.4. The molecule has 0 spiro atoms. The molecule has 2 heterocycles. The normalized spacial score (nSPS) is 12.9. The fraction of sp³-hybridized carbons (Fsp3) is 0.0769. The van der Waals surface area contributed by atoms with Gasteiger partial charge in [-0.1, -0.05) is 41.9 Å². The Morgan fingerprint density at radius 2 is 1.56 bits per heavy atom. The maximum Gasteiger partial charge on any atom is 0.261 e. The van der Waals surface area contributed by atoms with E-state index in [-0.39, 0.29) is 17.7 Å². The molecule has 168 valence electrons. The Morgan fingerprint density at radius 3 is 2.24 bits per heavy atom. The summed E-state index contributed by atoms with van der Waals surface area (Å²) in [4.78, 5) is 40.2. The average molecular weight is 474 g/mol. The predicted octanol–water partition coefficient (Wildman–Crippen LogP) is 4.91. The minimum atomic E-state index is -0.644. The molecule has 2 amide bonds. The van der Waals surface area contributed by atoms with E-state index in [0.717, 1.165) is 4.90 Å². The molecular formula is C26H17ClFN3O3. The van der Waals surface area contributed by atoms with Crippen LogP contribution in [0, 0.1) is 5.82 Å². The van der Waals surface area contributed by atoms with E-state index in [1.54, 1.807) is 60.4 Å². The highest BCUT2D eigenvalue weighted by atomic mass is 35.5. The summed E-state index contributed by atoms with van der Waals surface area (Å²) < 4.78 is 15.9. The van der Waals surface area contributed by atoms with Gasteiger partial charge in [0.05, 0.1) is 35.1 Å². The topological polar surface area (TPSA) is 72.3 Å². The number of carbonyl (C=O) groups excluding carboxylic acids is 3. The molecule has 34 heavy (non-hydrogen) atoms. The molecule has 0 saturated carbocycles. The minimum Gasteiger partial charge on any atom is -0.288 e. The van der Waals surface area contributed by atoms with Crippen molar-refractivity contribution in [2.75, 3.05) is 0 Å². The largest absolute Gasteiger partial charge is 0.288 e. The molecule has 0 saturated heterocycles. The number of imide groups is 1. The number of rotatable bonds is 5. The van der Waals surface area contributed by atoms with Crippen LogP contribution >= 0.6 is 11.6 Å². The van der Waals surface area contributed by atoms with Crippen LogP contribution in [0.5, 0.6) is 0 Å². The van der Waals surface area contributed by atoms with Gasteiger partial charge in [-0.05, 0) is 36.4 Å². The number of fused-ring (bicyclic) bond motifs is 1. The lowest BCUT2D eigenvalue weighted by Crippen LogP contribution is -2.29. The first kappa shape index (κ1) is 21.7. The van der Waals surface area contributed by atoms with Crippen LogP contribution in [0.1, 0.15) is 42.2 Å². The Hall–Kier alpha value is -4.10. The average Bonchev–Trinajstić information content (AvgIpc) is 3.31. The van der Waals surface area contributed by atoms with Gasteiger partial charge >= 0.3 is 0 Å². The van der Waals surface area contributed by atoms with E-state index in [9.17, 15) is 18.8 Å². The molecule has 1 aromatic heterocycles. The van der Waals surface area contributed by atoms with E-state index in [2.05, 4.69) is 5.10 Å². The van der Waals surface area contributed by atoms with Crippen molar-refractivity contribution in [1.82, 2.24) is 14.7 Å². The monoisotopic (exact) mass is 473 g/mol. The van der Waals surface area contributed by atoms with Crippen LogP contribution in [0.3, 0.4) is 0 Å². The molecule has 5 rings (SSSR count). The fourth-order valence-corrected chi connectivity index (χ4v) is 4.37. The van der Waals surface area contributed by atoms with Gasteiger partial charge in [0, 0.05) is 28.8 Å². The molecule has 8 heteroatoms. The number of amides is 2. The molecule has 0 bridgehead atoms. The summed E-state index contributed by atoms with van der Waals surface area (Å²) in [5.74, 6) is -1.97. The highest BCUT2D eigenvalue weighted by Gasteiger charge is 2.36. The van der Waals surface area contributed by atoms with E-state index < -0.39 is 23.4 Å². The lowest BCUT2D eigenvalue weighted by atomic mass is 9.94. The Balaban J connectivity index is 1.58. The molecule has 1 aliphatic rings. The first-order valence-electron chi connectivity index (χ1n) is 10.4. The van der Waals surface area contributed by atoms with Gasteiger partial charge in [0.1, 0.15) is 5.82 Å². The third-order valence-corrected chi connectivity index (χ3v) is 6.06. The molecule has 6 nitrogen and oxygen atoms in total. The van der Waals surface area contributed by atoms with Gasteiger partial charge in [0.25, 0.3) is 11.8 Å². The van der Waals surface area contributed by atoms with Gasteiger partial charge in [0.2, 0.25) is 0 Å². The third kappa shape index (κ3) is 3.50. The number of ketones is 1. The summed E-state index contributed by atoms with van der Waals surface area (Å²) in [6.07, 6.45) is 1.55. The lowest BCUT2D eigenvalue weighted by Gasteiger charge is -2.16. The number of nitrogens with zero attached hydrogens (tertiary/aromatic N) is 3. The van der Waals surface area contributed by atoms with Gasteiger partial charge in [-0.15, -0.1) is 0 Å². The van der Waals surface area contributed by atoms with Crippen molar-refractivity contribution in [3.63, 3.8) is 0 Å². The van der Waals surface area contributed by atoms with Crippen molar-refractivity contribution in [3.05, 3.63) is 112 Å². The SMILES string of the molecule is Cn1ncc(CN2C(=O)c3ccccc3C2=O)c1-c1ccc(Cl)cc1C(=O)c1ccccc1F. The second kappa shape index (κ2) is 8.35. The number of carbonyl (C=O) groups is 3. The van der Waals surface area contributed by atoms with Crippen LogP contribution in [0.4, 0.5) is 4.39 Å². The summed E-state index contributed by atoms with van der Waals surface area (Å²) >= 11 is 6.19. The third-order valence-electron chi connectivity index (χ3n) is 5.82. The number of hydrogen-bond acceptors (Lipinski definition) is 4. The van der Waals surface area contributed by atoms with Crippen molar-refractivity contribution in [2.45, 2.75) is 6.54 Å². The molecule has 0 radical (unpaired) electrons. The molecule has 1 aliphatic heterocycles. The van der Waals surface area contributed by atoms with Crippen LogP contribution in [-0.4, -0.2) is 32.3 Å². The van der Waals surface area contributed by atoms with Gasteiger partial charge < -0.3 is 0 Å². The van der Waals surface area contributed by atoms with Crippen LogP contribution in [0.15, 0.2) is 72.9 Å². The molecule has 0 N–H and O–H groups in total. The molecule has 0 aliphatic carbocycles. The van der Waals surface area contributed by atoms with Crippen molar-refractivity contribution in [2.24, 2.45) is 7.05 Å². The summed E-state index contributed by atoms with van der Waals surface area (Å²) in [6.45, 7) is -0.0362. The van der Waals surface area contributed by atoms with Gasteiger partial charge in [-0.3, -0.25) is 24.0 Å². The van der Waals surface area contributed by atoms with E-state index in [1.807, 2.05) is 0 Å². The first-order chi connectivity index (χ1) is 16.4. The van der Waals surface area contributed by atoms with Gasteiger partial charge in [-0.2, -0.15) is 5.10 Å². The summed E-state index contributed by atoms with van der Waals surface area (Å²) in [5, 5.41) is 4.61. The van der Waals surface area contributed by atoms with Crippen molar-refractivity contribution in [1.29, 1.82) is 0 Å². The van der Waals surface area contributed by atoms with E-state index in [1.165, 1.54) is 24.3 Å². The highest BCUT2D eigenvalue weighted by molar-refractivity contribution is 6.31. The quantitative estimate of drug-likeness (QED) is 0.305. The number of hydrogen-bond donors (Lipinski definition) is 0. The zero-order valence-corrected chi connectivity index (χ0v) is 18.7. The molecule has 0 atom stereocenters. The zero-order valence-electron chi connectivity index (χ0n) is 18.0. The molecule has 0 fully saturated rings. The standard InChI is InChI=1S/C26H17ClFN3O3/c1-30-23(15(13-29-30)14-31-25(33)18-6-2-3-7-19(18)26(31)34)17-11-10-16(27)12-21(17)24(32)20-8-4-5-9-22(20)28/h2-13H,14H2,1H3. The smallest absolute Gasteiger partial charge is 0.261 e. The number of halogens is 2. The Morgan fingerprint density at radius 1 is 0.912 bits per heavy atom. The molecule has 3 aromatic carbocycles. The van der Waals surface area contributed by atoms with Crippen molar-refractivity contribution < 1.29 is 18.8 Å². The van der Waals surface area contributed by atoms with E-state index >= 15 is 0 Å². The second-order valence-corrected chi connectivity index (χ2v) is 8.32. The Labute approximate surface area is 199 Å². The lowest BCUT2D eigenvalue weighted by molar-refractivity contribution is 0.0642. The number of aromatic nitrogens is 2. The number of aryl methyl sites for hydroxylation is 1. The fourth-order valence-electron chi connectivity index (χ4n) is 4.20. The van der Waals surface area contributed by atoms with E-state index in [4.69, 9.17) is 11.6 Å². The van der Waals surface area contributed by atoms with E-state index in [0.29, 0.717) is 33.0 Å². The van der Waals surface area contributed by atoms with Crippen molar-refractivity contribution in [3.8, 4) is 11.3 Å². The predicted molar refractivity (Wildman–Crippen MR) is 124 cm³/mol. The zero-order chi connectivity index (χ0) is 24.0. The van der Waals surface area contributed by atoms with Crippen molar-refractivity contribution >= 4 is 29.2 Å². The summed E-state index contributed by atoms with van der Waals surface area (Å²) in [7, 11) is 1.69. The molecule has 4 aromatic rings. The highest BCUT2D eigenvalue weighted by Crippen LogP contribution is 2.33. The van der Waals surface area contributed by atoms with Crippen LogP contribution in [-0.2, 0) is 13.6 Å². The maximum atomic E-state index is 14.4.